The lowest BCUT2D eigenvalue weighted by atomic mass is 9.96. The van der Waals surface area contributed by atoms with Gasteiger partial charge in [0, 0.05) is 36.3 Å². The number of aromatic hydroxyl groups is 1. The lowest BCUT2D eigenvalue weighted by molar-refractivity contribution is 0.249. The van der Waals surface area contributed by atoms with Gasteiger partial charge < -0.3 is 19.9 Å². The van der Waals surface area contributed by atoms with Gasteiger partial charge in [0.05, 0.1) is 24.8 Å². The summed E-state index contributed by atoms with van der Waals surface area (Å²) in [7, 11) is 1.74. The molecule has 9 nitrogen and oxygen atoms in total. The minimum atomic E-state index is -0.276. The second-order valence-electron chi connectivity index (χ2n) is 7.42. The molecule has 6 rings (SSSR count). The number of aromatic nitrogens is 5. The number of aryl methyl sites for hydroxylation is 1. The third kappa shape index (κ3) is 2.36. The van der Waals surface area contributed by atoms with Crippen LogP contribution in [-0.4, -0.2) is 42.7 Å². The first-order chi connectivity index (χ1) is 14.6. The first-order valence-electron chi connectivity index (χ1n) is 9.51. The summed E-state index contributed by atoms with van der Waals surface area (Å²) in [6.07, 6.45) is 1.57. The highest BCUT2D eigenvalue weighted by Crippen LogP contribution is 2.42. The van der Waals surface area contributed by atoms with Crippen molar-refractivity contribution in [2.75, 3.05) is 18.5 Å². The van der Waals surface area contributed by atoms with Gasteiger partial charge in [0.15, 0.2) is 17.2 Å². The molecule has 0 spiro atoms. The van der Waals surface area contributed by atoms with Gasteiger partial charge in [0.2, 0.25) is 5.88 Å². The van der Waals surface area contributed by atoms with Crippen LogP contribution in [-0.2, 0) is 13.6 Å². The van der Waals surface area contributed by atoms with Crippen molar-refractivity contribution < 1.29 is 19.0 Å². The number of ether oxygens (including phenoxy) is 2. The van der Waals surface area contributed by atoms with Crippen LogP contribution in [0.2, 0.25) is 0 Å². The number of benzene rings is 1. The smallest absolute Gasteiger partial charge is 0.230 e. The molecule has 1 atom stereocenters. The molecule has 5 heterocycles. The van der Waals surface area contributed by atoms with Gasteiger partial charge in [0.25, 0.3) is 0 Å². The average Bonchev–Trinajstić information content (AvgIpc) is 3.44. The van der Waals surface area contributed by atoms with E-state index in [1.54, 1.807) is 34.6 Å². The van der Waals surface area contributed by atoms with Gasteiger partial charge in [-0.2, -0.15) is 0 Å². The minimum absolute atomic E-state index is 0.0701. The van der Waals surface area contributed by atoms with E-state index in [0.29, 0.717) is 53.0 Å². The summed E-state index contributed by atoms with van der Waals surface area (Å²) < 4.78 is 29.9. The molecule has 2 N–H and O–H groups in total. The second kappa shape index (κ2) is 6.09. The Bertz CT molecular complexity index is 1310. The molecule has 0 saturated carbocycles. The van der Waals surface area contributed by atoms with E-state index in [-0.39, 0.29) is 24.2 Å². The zero-order valence-electron chi connectivity index (χ0n) is 16.0. The number of fused-ring (bicyclic) bond motifs is 3. The van der Waals surface area contributed by atoms with Crippen LogP contribution in [0.4, 0.5) is 10.2 Å². The van der Waals surface area contributed by atoms with E-state index in [1.165, 1.54) is 6.07 Å². The molecule has 0 amide bonds. The maximum Gasteiger partial charge on any atom is 0.230 e. The fraction of sp³-hybridized carbons (Fsp3) is 0.250. The normalized spacial score (nSPS) is 17.2. The Hall–Kier alpha value is -3.82. The van der Waals surface area contributed by atoms with Crippen LogP contribution in [0.25, 0.3) is 16.9 Å². The number of hydrogen-bond acceptors (Lipinski definition) is 7. The Labute approximate surface area is 169 Å². The predicted molar refractivity (Wildman–Crippen MR) is 104 cm³/mol. The fourth-order valence-corrected chi connectivity index (χ4v) is 4.28. The molecule has 2 aliphatic heterocycles. The van der Waals surface area contributed by atoms with E-state index in [2.05, 4.69) is 20.6 Å². The Balaban J connectivity index is 1.53. The molecule has 30 heavy (non-hydrogen) atoms. The summed E-state index contributed by atoms with van der Waals surface area (Å²) >= 11 is 0. The Kier molecular flexibility index (Phi) is 3.46. The number of halogens is 1. The Morgan fingerprint density at radius 3 is 2.83 bits per heavy atom. The zero-order valence-corrected chi connectivity index (χ0v) is 16.0. The lowest BCUT2D eigenvalue weighted by Gasteiger charge is -2.16. The van der Waals surface area contributed by atoms with Crippen molar-refractivity contribution in [2.24, 2.45) is 7.05 Å². The van der Waals surface area contributed by atoms with Crippen molar-refractivity contribution in [3.63, 3.8) is 0 Å². The molecule has 0 fully saturated rings. The van der Waals surface area contributed by atoms with Crippen LogP contribution in [0.15, 0.2) is 30.6 Å². The molecule has 0 radical (unpaired) electrons. The molecule has 0 bridgehead atoms. The third-order valence-electron chi connectivity index (χ3n) is 5.66. The summed E-state index contributed by atoms with van der Waals surface area (Å²) in [6.45, 7) is 1.05. The van der Waals surface area contributed by atoms with Crippen LogP contribution in [0.1, 0.15) is 17.0 Å². The lowest BCUT2D eigenvalue weighted by Crippen LogP contribution is -2.13. The molecule has 152 valence electrons. The summed E-state index contributed by atoms with van der Waals surface area (Å²) in [5.41, 5.74) is 3.36. The number of anilines is 1. The van der Waals surface area contributed by atoms with E-state index in [1.807, 2.05) is 6.07 Å². The summed E-state index contributed by atoms with van der Waals surface area (Å²) in [5, 5.41) is 25.4. The summed E-state index contributed by atoms with van der Waals surface area (Å²) in [4.78, 5) is 0. The fourth-order valence-electron chi connectivity index (χ4n) is 4.28. The Morgan fingerprint density at radius 1 is 1.20 bits per heavy atom. The number of rotatable bonds is 1. The van der Waals surface area contributed by atoms with Gasteiger partial charge in [-0.05, 0) is 18.2 Å². The van der Waals surface area contributed by atoms with Crippen LogP contribution in [0.3, 0.4) is 0 Å². The van der Waals surface area contributed by atoms with Gasteiger partial charge in [0.1, 0.15) is 17.9 Å². The monoisotopic (exact) mass is 408 g/mol. The number of pyridine rings is 1. The highest BCUT2D eigenvalue weighted by Gasteiger charge is 2.31. The second-order valence-corrected chi connectivity index (χ2v) is 7.42. The van der Waals surface area contributed by atoms with Crippen LogP contribution >= 0.6 is 0 Å². The van der Waals surface area contributed by atoms with Crippen molar-refractivity contribution in [3.05, 3.63) is 47.5 Å². The molecule has 10 heteroatoms. The molecule has 0 saturated heterocycles. The summed E-state index contributed by atoms with van der Waals surface area (Å²) in [5.74, 6) is 1.46. The number of nitrogens with zero attached hydrogens (tertiary/aromatic N) is 5. The van der Waals surface area contributed by atoms with Crippen molar-refractivity contribution in [2.45, 2.75) is 12.5 Å². The molecular formula is C20H17FN6O3. The first kappa shape index (κ1) is 17.1. The van der Waals surface area contributed by atoms with Crippen molar-refractivity contribution >= 4 is 11.5 Å². The molecule has 0 unspecified atom stereocenters. The number of hydrogen-bond donors (Lipinski definition) is 2. The van der Waals surface area contributed by atoms with Crippen molar-refractivity contribution in [1.82, 2.24) is 24.4 Å². The molecule has 3 aromatic heterocycles. The Morgan fingerprint density at radius 2 is 2.03 bits per heavy atom. The van der Waals surface area contributed by atoms with E-state index in [0.717, 1.165) is 5.56 Å². The van der Waals surface area contributed by atoms with E-state index >= 15 is 0 Å². The standard InChI is InChI=1S/C20H17FN6O3/c1-26-14(5-17(28)25-26)11-4-16-20(27-9-23-24-19(11)27)22-6-12-13(21)2-3-15-18(12)10(7-29-15)8-30-16/h2-5,9-10,22H,6-8H2,1H3,(H,25,28)/t10-/m0/s1. The SMILES string of the molecule is Cn1nc(O)cc1-c1cc2c(n3cnnc13)NCc1c(F)ccc3c1[C@@H](CO3)CO2. The first-order valence-corrected chi connectivity index (χ1v) is 9.51. The van der Waals surface area contributed by atoms with E-state index < -0.39 is 0 Å². The average molecular weight is 408 g/mol. The van der Waals surface area contributed by atoms with Crippen LogP contribution < -0.4 is 14.8 Å². The topological polar surface area (TPSA) is 98.7 Å². The van der Waals surface area contributed by atoms with Gasteiger partial charge in [-0.25, -0.2) is 4.39 Å². The van der Waals surface area contributed by atoms with Gasteiger partial charge in [-0.3, -0.25) is 9.08 Å². The third-order valence-corrected chi connectivity index (χ3v) is 5.66. The molecule has 4 aromatic rings. The van der Waals surface area contributed by atoms with E-state index in [4.69, 9.17) is 9.47 Å². The van der Waals surface area contributed by atoms with Gasteiger partial charge in [-0.1, -0.05) is 0 Å². The highest BCUT2D eigenvalue weighted by molar-refractivity contribution is 5.80. The minimum Gasteiger partial charge on any atom is -0.493 e. The number of nitrogens with one attached hydrogen (secondary N) is 1. The zero-order chi connectivity index (χ0) is 20.4. The maximum absolute atomic E-state index is 14.7. The molecule has 0 aliphatic carbocycles. The summed E-state index contributed by atoms with van der Waals surface area (Å²) in [6, 6.07) is 6.50. The quantitative estimate of drug-likeness (QED) is 0.499. The van der Waals surface area contributed by atoms with E-state index in [9.17, 15) is 9.50 Å². The van der Waals surface area contributed by atoms with Gasteiger partial charge >= 0.3 is 0 Å². The molecular weight excluding hydrogens is 391 g/mol. The van der Waals surface area contributed by atoms with Crippen molar-refractivity contribution in [3.8, 4) is 28.6 Å². The van der Waals surface area contributed by atoms with Crippen LogP contribution in [0, 0.1) is 5.82 Å². The highest BCUT2D eigenvalue weighted by atomic mass is 19.1. The largest absolute Gasteiger partial charge is 0.493 e. The van der Waals surface area contributed by atoms with Crippen molar-refractivity contribution in [1.29, 1.82) is 0 Å². The molecule has 2 aliphatic rings. The van der Waals surface area contributed by atoms with Gasteiger partial charge in [-0.15, -0.1) is 15.3 Å². The van der Waals surface area contributed by atoms with Crippen LogP contribution in [0.5, 0.6) is 17.4 Å². The maximum atomic E-state index is 14.7. The molecule has 1 aromatic carbocycles. The predicted octanol–water partition coefficient (Wildman–Crippen LogP) is 2.46.